The molecular formula is C14H15NO4. The van der Waals surface area contributed by atoms with Crippen molar-refractivity contribution < 1.29 is 14.5 Å². The molecule has 1 aromatic carbocycles. The molecule has 0 fully saturated rings. The van der Waals surface area contributed by atoms with Gasteiger partial charge in [0.25, 0.3) is 5.69 Å². The van der Waals surface area contributed by atoms with E-state index in [9.17, 15) is 14.9 Å². The van der Waals surface area contributed by atoms with Gasteiger partial charge in [0.2, 0.25) is 0 Å². The van der Waals surface area contributed by atoms with E-state index < -0.39 is 22.2 Å². The molecule has 0 heterocycles. The van der Waals surface area contributed by atoms with Crippen LogP contribution in [0.4, 0.5) is 5.69 Å². The summed E-state index contributed by atoms with van der Waals surface area (Å²) in [5.41, 5.74) is -0.761. The van der Waals surface area contributed by atoms with E-state index >= 15 is 0 Å². The molecule has 0 aliphatic heterocycles. The summed E-state index contributed by atoms with van der Waals surface area (Å²) in [6.07, 6.45) is 5.44. The highest BCUT2D eigenvalue weighted by atomic mass is 16.6. The van der Waals surface area contributed by atoms with Gasteiger partial charge >= 0.3 is 5.97 Å². The summed E-state index contributed by atoms with van der Waals surface area (Å²) in [5.74, 6) is 1.03. The maximum absolute atomic E-state index is 12.0. The topological polar surface area (TPSA) is 69.4 Å². The Kier molecular flexibility index (Phi) is 4.28. The molecule has 1 aromatic rings. The number of carbonyl (C=O) groups is 1. The van der Waals surface area contributed by atoms with Crippen molar-refractivity contribution in [2.45, 2.75) is 19.8 Å². The van der Waals surface area contributed by atoms with Crippen LogP contribution >= 0.6 is 0 Å². The number of benzene rings is 1. The zero-order chi connectivity index (χ0) is 14.6. The number of ether oxygens (including phenoxy) is 1. The number of nitro benzene ring substituents is 1. The van der Waals surface area contributed by atoms with Crippen molar-refractivity contribution in [3.63, 3.8) is 0 Å². The van der Waals surface area contributed by atoms with Crippen molar-refractivity contribution in [3.8, 4) is 12.3 Å². The number of para-hydroxylation sites is 1. The molecule has 5 heteroatoms. The van der Waals surface area contributed by atoms with Crippen molar-refractivity contribution >= 4 is 11.7 Å². The molecule has 0 bridgehead atoms. The molecule has 5 nitrogen and oxygen atoms in total. The Hall–Kier alpha value is -2.35. The molecule has 19 heavy (non-hydrogen) atoms. The Bertz CT molecular complexity index is 543. The SMILES string of the molecule is C#CC(C)(C)[C@@H](C(=O)OC)c1ccccc1[N+](=O)[O-]. The third-order valence-electron chi connectivity index (χ3n) is 2.98. The Morgan fingerprint density at radius 3 is 2.53 bits per heavy atom. The second-order valence-corrected chi connectivity index (χ2v) is 4.64. The van der Waals surface area contributed by atoms with Crippen LogP contribution in [0.25, 0.3) is 0 Å². The van der Waals surface area contributed by atoms with Crippen molar-refractivity contribution in [3.05, 3.63) is 39.9 Å². The largest absolute Gasteiger partial charge is 0.469 e. The minimum atomic E-state index is -0.890. The second-order valence-electron chi connectivity index (χ2n) is 4.64. The van der Waals surface area contributed by atoms with Crippen LogP contribution in [-0.4, -0.2) is 18.0 Å². The van der Waals surface area contributed by atoms with E-state index in [1.165, 1.54) is 19.2 Å². The van der Waals surface area contributed by atoms with Gasteiger partial charge in [-0.15, -0.1) is 6.42 Å². The lowest BCUT2D eigenvalue weighted by atomic mass is 9.75. The number of nitro groups is 1. The minimum Gasteiger partial charge on any atom is -0.469 e. The number of methoxy groups -OCH3 is 1. The van der Waals surface area contributed by atoms with Gasteiger partial charge in [-0.1, -0.05) is 24.1 Å². The maximum atomic E-state index is 12.0. The molecule has 0 radical (unpaired) electrons. The number of hydrogen-bond donors (Lipinski definition) is 0. The van der Waals surface area contributed by atoms with Crippen molar-refractivity contribution in [2.24, 2.45) is 5.41 Å². The van der Waals surface area contributed by atoms with Crippen LogP contribution < -0.4 is 0 Å². The number of carbonyl (C=O) groups excluding carboxylic acids is 1. The highest BCUT2D eigenvalue weighted by molar-refractivity contribution is 5.81. The normalized spacial score (nSPS) is 12.3. The summed E-state index contributed by atoms with van der Waals surface area (Å²) in [4.78, 5) is 22.5. The first-order chi connectivity index (χ1) is 8.85. The molecule has 0 saturated heterocycles. The molecule has 0 amide bonds. The van der Waals surface area contributed by atoms with Gasteiger partial charge in [-0.3, -0.25) is 14.9 Å². The molecular weight excluding hydrogens is 246 g/mol. The van der Waals surface area contributed by atoms with Crippen LogP contribution in [0, 0.1) is 27.9 Å². The van der Waals surface area contributed by atoms with Crippen molar-refractivity contribution in [2.75, 3.05) is 7.11 Å². The van der Waals surface area contributed by atoms with E-state index in [0.29, 0.717) is 0 Å². The summed E-state index contributed by atoms with van der Waals surface area (Å²) in [7, 11) is 1.23. The number of hydrogen-bond acceptors (Lipinski definition) is 4. The van der Waals surface area contributed by atoms with E-state index in [0.717, 1.165) is 0 Å². The third kappa shape index (κ3) is 2.91. The zero-order valence-electron chi connectivity index (χ0n) is 11.0. The van der Waals surface area contributed by atoms with E-state index in [1.54, 1.807) is 26.0 Å². The lowest BCUT2D eigenvalue weighted by Crippen LogP contribution is -2.29. The van der Waals surface area contributed by atoms with Gasteiger partial charge in [0.1, 0.15) is 5.92 Å². The molecule has 1 atom stereocenters. The van der Waals surface area contributed by atoms with E-state index in [2.05, 4.69) is 5.92 Å². The maximum Gasteiger partial charge on any atom is 0.314 e. The number of rotatable bonds is 4. The average Bonchev–Trinajstić information content (AvgIpc) is 2.38. The monoisotopic (exact) mass is 261 g/mol. The molecule has 0 saturated carbocycles. The van der Waals surface area contributed by atoms with Crippen LogP contribution in [0.1, 0.15) is 25.3 Å². The van der Waals surface area contributed by atoms with E-state index in [-0.39, 0.29) is 11.3 Å². The molecule has 0 aromatic heterocycles. The molecule has 0 aliphatic carbocycles. The Morgan fingerprint density at radius 1 is 1.47 bits per heavy atom. The predicted molar refractivity (Wildman–Crippen MR) is 70.5 cm³/mol. The van der Waals surface area contributed by atoms with Crippen molar-refractivity contribution in [1.29, 1.82) is 0 Å². The number of esters is 1. The standard InChI is InChI=1S/C14H15NO4/c1-5-14(2,3)12(13(16)19-4)10-8-6-7-9-11(10)15(17)18/h1,6-9,12H,2-4H3/t12-/m1/s1. The fourth-order valence-corrected chi connectivity index (χ4v) is 1.91. The van der Waals surface area contributed by atoms with Crippen LogP contribution in [0.2, 0.25) is 0 Å². The van der Waals surface area contributed by atoms with Gasteiger partial charge in [-0.05, 0) is 13.8 Å². The molecule has 0 unspecified atom stereocenters. The second kappa shape index (κ2) is 5.53. The molecule has 0 aliphatic rings. The van der Waals surface area contributed by atoms with Crippen LogP contribution in [0.15, 0.2) is 24.3 Å². The highest BCUT2D eigenvalue weighted by Crippen LogP contribution is 2.39. The first-order valence-electron chi connectivity index (χ1n) is 5.64. The van der Waals surface area contributed by atoms with Gasteiger partial charge < -0.3 is 4.74 Å². The molecule has 0 spiro atoms. The fraction of sp³-hybridized carbons (Fsp3) is 0.357. The highest BCUT2D eigenvalue weighted by Gasteiger charge is 2.39. The van der Waals surface area contributed by atoms with E-state index in [1.807, 2.05) is 0 Å². The first-order valence-corrected chi connectivity index (χ1v) is 5.64. The van der Waals surface area contributed by atoms with Crippen LogP contribution in [0.3, 0.4) is 0 Å². The number of nitrogens with zero attached hydrogens (tertiary/aromatic N) is 1. The zero-order valence-corrected chi connectivity index (χ0v) is 11.0. The fourth-order valence-electron chi connectivity index (χ4n) is 1.91. The first kappa shape index (κ1) is 14.7. The Morgan fingerprint density at radius 2 is 2.05 bits per heavy atom. The quantitative estimate of drug-likeness (QED) is 0.361. The third-order valence-corrected chi connectivity index (χ3v) is 2.98. The summed E-state index contributed by atoms with van der Waals surface area (Å²) in [5, 5.41) is 11.1. The lowest BCUT2D eigenvalue weighted by molar-refractivity contribution is -0.385. The van der Waals surface area contributed by atoms with Crippen LogP contribution in [-0.2, 0) is 9.53 Å². The van der Waals surface area contributed by atoms with Gasteiger partial charge in [0.05, 0.1) is 12.0 Å². The summed E-state index contributed by atoms with van der Waals surface area (Å²) < 4.78 is 4.73. The lowest BCUT2D eigenvalue weighted by Gasteiger charge is -2.27. The minimum absolute atomic E-state index is 0.138. The van der Waals surface area contributed by atoms with Gasteiger partial charge in [-0.25, -0.2) is 0 Å². The molecule has 100 valence electrons. The van der Waals surface area contributed by atoms with E-state index in [4.69, 9.17) is 11.2 Å². The van der Waals surface area contributed by atoms with Gasteiger partial charge in [0.15, 0.2) is 0 Å². The number of terminal acetylenes is 1. The average molecular weight is 261 g/mol. The smallest absolute Gasteiger partial charge is 0.314 e. The Balaban J connectivity index is 3.48. The molecule has 1 rings (SSSR count). The summed E-state index contributed by atoms with van der Waals surface area (Å²) >= 11 is 0. The predicted octanol–water partition coefficient (Wildman–Crippen LogP) is 2.51. The summed E-state index contributed by atoms with van der Waals surface area (Å²) in [6, 6.07) is 6.04. The summed E-state index contributed by atoms with van der Waals surface area (Å²) in [6.45, 7) is 3.34. The van der Waals surface area contributed by atoms with Crippen LogP contribution in [0.5, 0.6) is 0 Å². The Labute approximate surface area is 111 Å². The van der Waals surface area contributed by atoms with Gasteiger partial charge in [-0.2, -0.15) is 0 Å². The van der Waals surface area contributed by atoms with Crippen molar-refractivity contribution in [1.82, 2.24) is 0 Å². The molecule has 0 N–H and O–H groups in total. The van der Waals surface area contributed by atoms with Gasteiger partial charge in [0, 0.05) is 17.0 Å².